The highest BCUT2D eigenvalue weighted by Crippen LogP contribution is 2.19. The quantitative estimate of drug-likeness (QED) is 0.643. The lowest BCUT2D eigenvalue weighted by molar-refractivity contribution is -0.140. The van der Waals surface area contributed by atoms with E-state index >= 15 is 0 Å². The number of aliphatic imine (C=N–C) groups is 1. The largest absolute Gasteiger partial charge is 0.480 e. The molecule has 5 heteroatoms. The first-order valence-corrected chi connectivity index (χ1v) is 3.79. The van der Waals surface area contributed by atoms with Gasteiger partial charge >= 0.3 is 5.97 Å². The number of aliphatic carboxylic acids is 1. The second kappa shape index (κ2) is 2.69. The molecule has 4 nitrogen and oxygen atoms in total. The Balaban J connectivity index is 2.28. The number of hydrogen-bond acceptors (Lipinski definition) is 3. The van der Waals surface area contributed by atoms with E-state index in [1.807, 2.05) is 0 Å². The predicted molar refractivity (Wildman–Crippen MR) is 43.9 cm³/mol. The van der Waals surface area contributed by atoms with E-state index in [0.29, 0.717) is 5.84 Å². The minimum absolute atomic E-state index is 0.179. The van der Waals surface area contributed by atoms with Gasteiger partial charge in [0, 0.05) is 6.20 Å². The highest BCUT2D eigenvalue weighted by Gasteiger charge is 2.32. The maximum absolute atomic E-state index is 12.7. The summed E-state index contributed by atoms with van der Waals surface area (Å²) in [6, 6.07) is -0.759. The molecule has 0 saturated heterocycles. The summed E-state index contributed by atoms with van der Waals surface area (Å²) in [6.07, 6.45) is 3.89. The number of nitrogens with zero attached hydrogens (tertiary/aromatic N) is 2. The van der Waals surface area contributed by atoms with Crippen molar-refractivity contribution in [2.45, 2.75) is 6.04 Å². The van der Waals surface area contributed by atoms with Gasteiger partial charge in [-0.05, 0) is 12.2 Å². The highest BCUT2D eigenvalue weighted by atomic mass is 19.1. The molecule has 2 aliphatic rings. The van der Waals surface area contributed by atoms with Gasteiger partial charge in [-0.2, -0.15) is 0 Å². The van der Waals surface area contributed by atoms with Crippen LogP contribution in [0.2, 0.25) is 0 Å². The van der Waals surface area contributed by atoms with Crippen LogP contribution in [0.5, 0.6) is 0 Å². The summed E-state index contributed by atoms with van der Waals surface area (Å²) >= 11 is 0. The first-order valence-electron chi connectivity index (χ1n) is 3.79. The number of rotatable bonds is 1. The lowest BCUT2D eigenvalue weighted by Gasteiger charge is -2.21. The summed E-state index contributed by atoms with van der Waals surface area (Å²) in [6.45, 7) is 0.179. The van der Waals surface area contributed by atoms with E-state index in [4.69, 9.17) is 5.11 Å². The zero-order chi connectivity index (χ0) is 9.42. The van der Waals surface area contributed by atoms with Gasteiger partial charge in [0.05, 0.1) is 6.54 Å². The fraction of sp³-hybridized carbons (Fsp3) is 0.250. The van der Waals surface area contributed by atoms with Crippen LogP contribution >= 0.6 is 0 Å². The van der Waals surface area contributed by atoms with Crippen molar-refractivity contribution in [1.82, 2.24) is 4.90 Å². The van der Waals surface area contributed by atoms with Crippen LogP contribution in [-0.2, 0) is 4.79 Å². The average Bonchev–Trinajstić information content (AvgIpc) is 2.46. The molecule has 0 aromatic heterocycles. The standard InChI is InChI=1S/C8H7FN2O2/c9-5-1-2-7-10-3-6(8(12)13)11(7)4-5/h1-2,4,6H,3H2,(H,12,13). The van der Waals surface area contributed by atoms with E-state index in [1.165, 1.54) is 17.1 Å². The Morgan fingerprint density at radius 1 is 1.69 bits per heavy atom. The van der Waals surface area contributed by atoms with Crippen molar-refractivity contribution in [1.29, 1.82) is 0 Å². The van der Waals surface area contributed by atoms with Gasteiger partial charge in [-0.1, -0.05) is 0 Å². The number of halogens is 1. The first kappa shape index (κ1) is 7.97. The number of hydrogen-bond donors (Lipinski definition) is 1. The van der Waals surface area contributed by atoms with E-state index < -0.39 is 17.8 Å². The summed E-state index contributed by atoms with van der Waals surface area (Å²) in [7, 11) is 0. The molecule has 0 amide bonds. The monoisotopic (exact) mass is 182 g/mol. The Morgan fingerprint density at radius 3 is 3.15 bits per heavy atom. The van der Waals surface area contributed by atoms with E-state index in [0.717, 1.165) is 6.20 Å². The predicted octanol–water partition coefficient (Wildman–Crippen LogP) is 0.534. The third-order valence-electron chi connectivity index (χ3n) is 1.97. The molecular formula is C8H7FN2O2. The topological polar surface area (TPSA) is 52.9 Å². The Morgan fingerprint density at radius 2 is 2.46 bits per heavy atom. The zero-order valence-electron chi connectivity index (χ0n) is 6.64. The van der Waals surface area contributed by atoms with Crippen molar-refractivity contribution in [2.24, 2.45) is 4.99 Å². The molecular weight excluding hydrogens is 175 g/mol. The van der Waals surface area contributed by atoms with Crippen molar-refractivity contribution >= 4 is 11.8 Å². The summed E-state index contributed by atoms with van der Waals surface area (Å²) in [5.74, 6) is -0.931. The maximum Gasteiger partial charge on any atom is 0.328 e. The number of carboxylic acid groups (broad SMARTS) is 1. The number of allylic oxidation sites excluding steroid dienone is 2. The molecule has 13 heavy (non-hydrogen) atoms. The van der Waals surface area contributed by atoms with Crippen molar-refractivity contribution < 1.29 is 14.3 Å². The van der Waals surface area contributed by atoms with Crippen molar-refractivity contribution in [2.75, 3.05) is 6.54 Å². The molecule has 0 saturated carbocycles. The average molecular weight is 182 g/mol. The van der Waals surface area contributed by atoms with E-state index in [2.05, 4.69) is 4.99 Å². The second-order valence-corrected chi connectivity index (χ2v) is 2.81. The number of fused-ring (bicyclic) bond motifs is 1. The molecule has 0 aliphatic carbocycles. The number of carboxylic acids is 1. The van der Waals surface area contributed by atoms with Gasteiger partial charge in [0.15, 0.2) is 6.04 Å². The molecule has 2 rings (SSSR count). The lowest BCUT2D eigenvalue weighted by Crippen LogP contribution is -2.38. The van der Waals surface area contributed by atoms with Crippen LogP contribution in [-0.4, -0.2) is 34.4 Å². The van der Waals surface area contributed by atoms with Crippen LogP contribution < -0.4 is 0 Å². The summed E-state index contributed by atoms with van der Waals surface area (Å²) in [4.78, 5) is 16.0. The Labute approximate surface area is 73.7 Å². The van der Waals surface area contributed by atoms with Crippen molar-refractivity contribution in [3.05, 3.63) is 24.2 Å². The molecule has 2 heterocycles. The van der Waals surface area contributed by atoms with Crippen LogP contribution in [0.4, 0.5) is 4.39 Å². The zero-order valence-corrected chi connectivity index (χ0v) is 6.64. The molecule has 0 aromatic carbocycles. The fourth-order valence-corrected chi connectivity index (χ4v) is 1.33. The van der Waals surface area contributed by atoms with E-state index in [1.54, 1.807) is 0 Å². The van der Waals surface area contributed by atoms with Crippen LogP contribution in [0.3, 0.4) is 0 Å². The van der Waals surface area contributed by atoms with Gasteiger partial charge in [0.25, 0.3) is 0 Å². The summed E-state index contributed by atoms with van der Waals surface area (Å²) in [5, 5.41) is 8.75. The molecule has 2 aliphatic heterocycles. The highest BCUT2D eigenvalue weighted by molar-refractivity contribution is 5.99. The Kier molecular flexibility index (Phi) is 1.65. The Bertz CT molecular complexity index is 346. The van der Waals surface area contributed by atoms with Gasteiger partial charge in [0.2, 0.25) is 0 Å². The lowest BCUT2D eigenvalue weighted by atomic mass is 10.2. The molecule has 0 radical (unpaired) electrons. The molecule has 1 unspecified atom stereocenters. The minimum Gasteiger partial charge on any atom is -0.480 e. The molecule has 0 spiro atoms. The molecule has 1 N–H and O–H groups in total. The summed E-state index contributed by atoms with van der Waals surface area (Å²) < 4.78 is 12.7. The van der Waals surface area contributed by atoms with Crippen LogP contribution in [0.1, 0.15) is 0 Å². The van der Waals surface area contributed by atoms with Gasteiger partial charge < -0.3 is 10.0 Å². The first-order chi connectivity index (χ1) is 6.18. The summed E-state index contributed by atoms with van der Waals surface area (Å²) in [5.41, 5.74) is 0. The molecule has 1 atom stereocenters. The Hall–Kier alpha value is -1.65. The normalized spacial score (nSPS) is 25.3. The third kappa shape index (κ3) is 1.22. The number of amidine groups is 1. The SMILES string of the molecule is O=C(O)C1CN=C2C=CC(F)=CN21. The van der Waals surface area contributed by atoms with Crippen LogP contribution in [0.15, 0.2) is 29.2 Å². The minimum atomic E-state index is -0.988. The molecule has 68 valence electrons. The molecule has 0 fully saturated rings. The number of carbonyl (C=O) groups is 1. The van der Waals surface area contributed by atoms with Crippen LogP contribution in [0.25, 0.3) is 0 Å². The van der Waals surface area contributed by atoms with Crippen molar-refractivity contribution in [3.8, 4) is 0 Å². The molecule has 0 aromatic rings. The molecule has 0 bridgehead atoms. The van der Waals surface area contributed by atoms with Crippen LogP contribution in [0, 0.1) is 0 Å². The van der Waals surface area contributed by atoms with Crippen molar-refractivity contribution in [3.63, 3.8) is 0 Å². The van der Waals surface area contributed by atoms with Gasteiger partial charge in [-0.15, -0.1) is 0 Å². The van der Waals surface area contributed by atoms with Gasteiger partial charge in [0.1, 0.15) is 11.7 Å². The van der Waals surface area contributed by atoms with Gasteiger partial charge in [-0.3, -0.25) is 4.99 Å². The fourth-order valence-electron chi connectivity index (χ4n) is 1.33. The third-order valence-corrected chi connectivity index (χ3v) is 1.97. The van der Waals surface area contributed by atoms with Gasteiger partial charge in [-0.25, -0.2) is 9.18 Å². The van der Waals surface area contributed by atoms with E-state index in [-0.39, 0.29) is 6.54 Å². The smallest absolute Gasteiger partial charge is 0.328 e. The maximum atomic E-state index is 12.7. The van der Waals surface area contributed by atoms with E-state index in [9.17, 15) is 9.18 Å². The second-order valence-electron chi connectivity index (χ2n) is 2.81.